The average Bonchev–Trinajstić information content (AvgIpc) is 2.31. The van der Waals surface area contributed by atoms with Crippen LogP contribution >= 0.6 is 11.8 Å². The molecule has 0 aromatic rings. The fourth-order valence-electron chi connectivity index (χ4n) is 4.10. The fourth-order valence-corrected chi connectivity index (χ4v) is 5.20. The van der Waals surface area contributed by atoms with E-state index in [9.17, 15) is 0 Å². The molecule has 3 atom stereocenters. The molecular formula is C15H30N2S. The monoisotopic (exact) mass is 270 g/mol. The second-order valence-electron chi connectivity index (χ2n) is 7.13. The van der Waals surface area contributed by atoms with E-state index in [2.05, 4.69) is 44.4 Å². The molecule has 0 radical (unpaired) electrons. The molecule has 1 aliphatic heterocycles. The number of nitrogens with two attached hydrogens (primary N) is 1. The third kappa shape index (κ3) is 2.73. The molecule has 0 spiro atoms. The van der Waals surface area contributed by atoms with E-state index in [1.807, 2.05) is 0 Å². The smallest absolute Gasteiger partial charge is 0.0340 e. The first-order valence-corrected chi connectivity index (χ1v) is 8.54. The van der Waals surface area contributed by atoms with Gasteiger partial charge in [-0.25, -0.2) is 0 Å². The SMILES string of the molecule is CC1SCCN(C2(CN)CCCC(C)(C)C2)C1C. The maximum atomic E-state index is 6.25. The minimum absolute atomic E-state index is 0.274. The van der Waals surface area contributed by atoms with Crippen molar-refractivity contribution in [2.75, 3.05) is 18.8 Å². The molecule has 2 N–H and O–H groups in total. The van der Waals surface area contributed by atoms with Gasteiger partial charge in [-0.1, -0.05) is 27.2 Å². The molecule has 2 nitrogen and oxygen atoms in total. The molecule has 1 aliphatic carbocycles. The fraction of sp³-hybridized carbons (Fsp3) is 1.00. The molecule has 1 saturated heterocycles. The Hall–Kier alpha value is 0.270. The van der Waals surface area contributed by atoms with Crippen LogP contribution in [0.4, 0.5) is 0 Å². The molecule has 3 heteroatoms. The Morgan fingerprint density at radius 1 is 1.28 bits per heavy atom. The van der Waals surface area contributed by atoms with Crippen LogP contribution in [0, 0.1) is 5.41 Å². The third-order valence-corrected chi connectivity index (χ3v) is 6.51. The molecule has 0 aromatic heterocycles. The van der Waals surface area contributed by atoms with E-state index in [1.54, 1.807) is 0 Å². The minimum Gasteiger partial charge on any atom is -0.329 e. The lowest BCUT2D eigenvalue weighted by molar-refractivity contribution is -0.0121. The summed E-state index contributed by atoms with van der Waals surface area (Å²) >= 11 is 2.12. The van der Waals surface area contributed by atoms with Crippen LogP contribution in [0.5, 0.6) is 0 Å². The van der Waals surface area contributed by atoms with Crippen molar-refractivity contribution in [3.63, 3.8) is 0 Å². The Morgan fingerprint density at radius 2 is 2.00 bits per heavy atom. The summed E-state index contributed by atoms with van der Waals surface area (Å²) in [6, 6.07) is 0.668. The largest absolute Gasteiger partial charge is 0.329 e. The summed E-state index contributed by atoms with van der Waals surface area (Å²) in [6.45, 7) is 11.7. The highest BCUT2D eigenvalue weighted by Crippen LogP contribution is 2.45. The lowest BCUT2D eigenvalue weighted by Gasteiger charge is -2.55. The van der Waals surface area contributed by atoms with Crippen molar-refractivity contribution in [1.29, 1.82) is 0 Å². The molecule has 0 amide bonds. The van der Waals surface area contributed by atoms with Crippen LogP contribution < -0.4 is 5.73 Å². The molecule has 3 unspecified atom stereocenters. The lowest BCUT2D eigenvalue weighted by atomic mass is 9.67. The van der Waals surface area contributed by atoms with Crippen molar-refractivity contribution in [3.8, 4) is 0 Å². The molecule has 0 aromatic carbocycles. The number of hydrogen-bond acceptors (Lipinski definition) is 3. The van der Waals surface area contributed by atoms with Crippen molar-refractivity contribution in [2.45, 2.75) is 70.2 Å². The Morgan fingerprint density at radius 3 is 2.61 bits per heavy atom. The Labute approximate surface area is 117 Å². The maximum absolute atomic E-state index is 6.25. The van der Waals surface area contributed by atoms with Crippen molar-refractivity contribution in [3.05, 3.63) is 0 Å². The molecule has 18 heavy (non-hydrogen) atoms. The molecule has 106 valence electrons. The van der Waals surface area contributed by atoms with Gasteiger partial charge in [-0.2, -0.15) is 11.8 Å². The van der Waals surface area contributed by atoms with Gasteiger partial charge in [0.1, 0.15) is 0 Å². The normalized spacial score (nSPS) is 41.8. The van der Waals surface area contributed by atoms with E-state index in [0.717, 1.165) is 11.8 Å². The van der Waals surface area contributed by atoms with E-state index in [-0.39, 0.29) is 5.54 Å². The van der Waals surface area contributed by atoms with Gasteiger partial charge in [0.15, 0.2) is 0 Å². The third-order valence-electron chi connectivity index (χ3n) is 5.18. The van der Waals surface area contributed by atoms with Gasteiger partial charge in [0.25, 0.3) is 0 Å². The predicted molar refractivity (Wildman–Crippen MR) is 82.1 cm³/mol. The minimum atomic E-state index is 0.274. The first-order valence-electron chi connectivity index (χ1n) is 7.49. The van der Waals surface area contributed by atoms with Crippen molar-refractivity contribution < 1.29 is 0 Å². The van der Waals surface area contributed by atoms with Crippen LogP contribution in [0.1, 0.15) is 53.4 Å². The Kier molecular flexibility index (Phi) is 4.35. The summed E-state index contributed by atoms with van der Waals surface area (Å²) in [5.41, 5.74) is 6.99. The highest BCUT2D eigenvalue weighted by Gasteiger charge is 2.46. The molecular weight excluding hydrogens is 240 g/mol. The van der Waals surface area contributed by atoms with E-state index >= 15 is 0 Å². The molecule has 1 heterocycles. The molecule has 0 bridgehead atoms. The second-order valence-corrected chi connectivity index (χ2v) is 8.62. The Bertz CT molecular complexity index is 292. The zero-order chi connectivity index (χ0) is 13.4. The van der Waals surface area contributed by atoms with Gasteiger partial charge in [0.2, 0.25) is 0 Å². The van der Waals surface area contributed by atoms with Crippen LogP contribution in [0.3, 0.4) is 0 Å². The topological polar surface area (TPSA) is 29.3 Å². The highest BCUT2D eigenvalue weighted by atomic mass is 32.2. The zero-order valence-corrected chi connectivity index (χ0v) is 13.4. The summed E-state index contributed by atoms with van der Waals surface area (Å²) in [4.78, 5) is 2.76. The standard InChI is InChI=1S/C15H30N2S/c1-12-13(2)18-9-8-17(12)15(11-16)7-5-6-14(3,4)10-15/h12-13H,5-11,16H2,1-4H3. The lowest BCUT2D eigenvalue weighted by Crippen LogP contribution is -2.63. The van der Waals surface area contributed by atoms with Crippen molar-refractivity contribution in [1.82, 2.24) is 4.90 Å². The quantitative estimate of drug-likeness (QED) is 0.836. The van der Waals surface area contributed by atoms with Crippen LogP contribution in [0.25, 0.3) is 0 Å². The number of thioether (sulfide) groups is 1. The molecule has 1 saturated carbocycles. The summed E-state index contributed by atoms with van der Waals surface area (Å²) < 4.78 is 0. The van der Waals surface area contributed by atoms with Gasteiger partial charge in [-0.3, -0.25) is 4.90 Å². The van der Waals surface area contributed by atoms with Gasteiger partial charge in [-0.15, -0.1) is 0 Å². The second kappa shape index (κ2) is 5.34. The number of rotatable bonds is 2. The van der Waals surface area contributed by atoms with Gasteiger partial charge in [0, 0.05) is 35.7 Å². The summed E-state index contributed by atoms with van der Waals surface area (Å²) in [5, 5.41) is 0.743. The van der Waals surface area contributed by atoms with Crippen LogP contribution in [-0.4, -0.2) is 40.6 Å². The first-order chi connectivity index (χ1) is 8.40. The Balaban J connectivity index is 2.20. The van der Waals surface area contributed by atoms with Crippen LogP contribution in [0.2, 0.25) is 0 Å². The van der Waals surface area contributed by atoms with Crippen LogP contribution in [0.15, 0.2) is 0 Å². The van der Waals surface area contributed by atoms with E-state index in [0.29, 0.717) is 11.5 Å². The van der Waals surface area contributed by atoms with Gasteiger partial charge in [-0.05, 0) is 31.6 Å². The summed E-state index contributed by atoms with van der Waals surface area (Å²) in [6.07, 6.45) is 5.28. The maximum Gasteiger partial charge on any atom is 0.0340 e. The summed E-state index contributed by atoms with van der Waals surface area (Å²) in [7, 11) is 0. The number of hydrogen-bond donors (Lipinski definition) is 1. The van der Waals surface area contributed by atoms with E-state index in [1.165, 1.54) is 38.0 Å². The molecule has 2 aliphatic rings. The summed E-state index contributed by atoms with van der Waals surface area (Å²) in [5.74, 6) is 1.27. The predicted octanol–water partition coefficient (Wildman–Crippen LogP) is 3.11. The van der Waals surface area contributed by atoms with Gasteiger partial charge < -0.3 is 5.73 Å². The van der Waals surface area contributed by atoms with Gasteiger partial charge >= 0.3 is 0 Å². The van der Waals surface area contributed by atoms with Crippen molar-refractivity contribution in [2.24, 2.45) is 11.1 Å². The van der Waals surface area contributed by atoms with E-state index in [4.69, 9.17) is 5.73 Å². The van der Waals surface area contributed by atoms with Crippen LogP contribution in [-0.2, 0) is 0 Å². The molecule has 2 rings (SSSR count). The first kappa shape index (κ1) is 14.7. The highest BCUT2D eigenvalue weighted by molar-refractivity contribution is 8.00. The van der Waals surface area contributed by atoms with E-state index < -0.39 is 0 Å². The number of nitrogens with zero attached hydrogens (tertiary/aromatic N) is 1. The zero-order valence-electron chi connectivity index (χ0n) is 12.5. The van der Waals surface area contributed by atoms with Gasteiger partial charge in [0.05, 0.1) is 0 Å². The average molecular weight is 270 g/mol. The molecule has 2 fully saturated rings. The van der Waals surface area contributed by atoms with Crippen molar-refractivity contribution >= 4 is 11.8 Å².